The normalized spacial score (nSPS) is 12.1. The van der Waals surface area contributed by atoms with Gasteiger partial charge in [-0.05, 0) is 24.8 Å². The lowest BCUT2D eigenvalue weighted by molar-refractivity contribution is 0.1000. The van der Waals surface area contributed by atoms with Crippen molar-refractivity contribution in [3.05, 3.63) is 23.9 Å². The van der Waals surface area contributed by atoms with Gasteiger partial charge in [0.15, 0.2) is 0 Å². The van der Waals surface area contributed by atoms with Gasteiger partial charge in [0.05, 0.1) is 5.56 Å². The predicted octanol–water partition coefficient (Wildman–Crippen LogP) is 1.73. The van der Waals surface area contributed by atoms with Gasteiger partial charge in [0.25, 0.3) is 0 Å². The molecule has 0 aliphatic carbocycles. The van der Waals surface area contributed by atoms with Crippen LogP contribution in [0, 0.1) is 0 Å². The molecule has 1 aromatic rings. The molecule has 0 saturated carbocycles. The lowest BCUT2D eigenvalue weighted by atomic mass is 10.2. The number of carbonyl (C=O) groups is 1. The number of hydrogen-bond donors (Lipinski definition) is 2. The monoisotopic (exact) mass is 239 g/mol. The molecule has 0 aliphatic heterocycles. The summed E-state index contributed by atoms with van der Waals surface area (Å²) in [5, 5.41) is 3.84. The summed E-state index contributed by atoms with van der Waals surface area (Å²) in [4.78, 5) is 14.9. The van der Waals surface area contributed by atoms with Crippen LogP contribution in [0.2, 0.25) is 0 Å². The number of thioether (sulfide) groups is 1. The molecule has 16 heavy (non-hydrogen) atoms. The summed E-state index contributed by atoms with van der Waals surface area (Å²) in [6, 6.07) is 3.44. The Labute approximate surface area is 100 Å². The number of nitrogens with one attached hydrogen (secondary N) is 1. The highest BCUT2D eigenvalue weighted by molar-refractivity contribution is 7.99. The lowest BCUT2D eigenvalue weighted by Crippen LogP contribution is -2.12. The summed E-state index contributed by atoms with van der Waals surface area (Å²) in [6.07, 6.45) is 4.67. The molecule has 1 unspecified atom stereocenters. The Hall–Kier alpha value is -1.23. The third kappa shape index (κ3) is 4.10. The van der Waals surface area contributed by atoms with E-state index in [-0.39, 0.29) is 0 Å². The van der Waals surface area contributed by atoms with E-state index in [0.29, 0.717) is 10.8 Å². The minimum absolute atomic E-state index is 0.433. The first-order valence-electron chi connectivity index (χ1n) is 5.16. The number of amides is 1. The van der Waals surface area contributed by atoms with Crippen LogP contribution >= 0.6 is 11.8 Å². The second kappa shape index (κ2) is 6.37. The van der Waals surface area contributed by atoms with Crippen LogP contribution in [-0.2, 0) is 0 Å². The van der Waals surface area contributed by atoms with E-state index in [2.05, 4.69) is 23.5 Å². The number of pyridine rings is 1. The molecule has 1 atom stereocenters. The second-order valence-electron chi connectivity index (χ2n) is 3.56. The lowest BCUT2D eigenvalue weighted by Gasteiger charge is -2.09. The highest BCUT2D eigenvalue weighted by atomic mass is 32.2. The number of nitrogens with two attached hydrogens (primary N) is 1. The molecule has 0 fully saturated rings. The summed E-state index contributed by atoms with van der Waals surface area (Å²) < 4.78 is 0. The van der Waals surface area contributed by atoms with Crippen molar-refractivity contribution in [3.8, 4) is 0 Å². The van der Waals surface area contributed by atoms with Crippen molar-refractivity contribution >= 4 is 23.5 Å². The molecule has 1 amide bonds. The highest BCUT2D eigenvalue weighted by Crippen LogP contribution is 2.10. The van der Waals surface area contributed by atoms with Crippen LogP contribution in [0.3, 0.4) is 0 Å². The minimum Gasteiger partial charge on any atom is -0.370 e. The van der Waals surface area contributed by atoms with Crippen LogP contribution in [0.25, 0.3) is 0 Å². The Morgan fingerprint density at radius 3 is 2.88 bits per heavy atom. The zero-order valence-electron chi connectivity index (χ0n) is 9.56. The van der Waals surface area contributed by atoms with Gasteiger partial charge in [-0.3, -0.25) is 4.79 Å². The minimum atomic E-state index is -0.449. The average Bonchev–Trinajstić information content (AvgIpc) is 2.29. The van der Waals surface area contributed by atoms with Crippen molar-refractivity contribution in [2.45, 2.75) is 18.6 Å². The molecule has 1 rings (SSSR count). The smallest absolute Gasteiger partial charge is 0.250 e. The first-order chi connectivity index (χ1) is 7.63. The van der Waals surface area contributed by atoms with E-state index in [1.54, 1.807) is 12.1 Å². The van der Waals surface area contributed by atoms with Gasteiger partial charge in [-0.1, -0.05) is 6.92 Å². The van der Waals surface area contributed by atoms with E-state index in [1.165, 1.54) is 6.20 Å². The average molecular weight is 239 g/mol. The summed E-state index contributed by atoms with van der Waals surface area (Å²) in [7, 11) is 0. The molecule has 1 aromatic heterocycles. The predicted molar refractivity (Wildman–Crippen MR) is 68.8 cm³/mol. The van der Waals surface area contributed by atoms with Gasteiger partial charge in [-0.25, -0.2) is 4.98 Å². The van der Waals surface area contributed by atoms with Gasteiger partial charge in [0.2, 0.25) is 5.91 Å². The molecule has 4 nitrogen and oxygen atoms in total. The number of rotatable bonds is 6. The van der Waals surface area contributed by atoms with Crippen molar-refractivity contribution < 1.29 is 4.79 Å². The van der Waals surface area contributed by atoms with Crippen molar-refractivity contribution in [2.24, 2.45) is 5.73 Å². The number of anilines is 1. The van der Waals surface area contributed by atoms with E-state index in [4.69, 9.17) is 5.73 Å². The fraction of sp³-hybridized carbons (Fsp3) is 0.455. The van der Waals surface area contributed by atoms with E-state index in [0.717, 1.165) is 18.8 Å². The highest BCUT2D eigenvalue weighted by Gasteiger charge is 2.01. The molecule has 88 valence electrons. The summed E-state index contributed by atoms with van der Waals surface area (Å²) >= 11 is 1.84. The van der Waals surface area contributed by atoms with Gasteiger partial charge in [0, 0.05) is 18.0 Å². The Morgan fingerprint density at radius 1 is 1.62 bits per heavy atom. The SMILES string of the molecule is CSC(C)CCNc1ccc(C(N)=O)cn1. The fourth-order valence-corrected chi connectivity index (χ4v) is 1.52. The topological polar surface area (TPSA) is 68.0 Å². The fourth-order valence-electron chi connectivity index (χ4n) is 1.17. The van der Waals surface area contributed by atoms with Gasteiger partial charge in [-0.15, -0.1) is 0 Å². The van der Waals surface area contributed by atoms with Gasteiger partial charge < -0.3 is 11.1 Å². The van der Waals surface area contributed by atoms with Crippen molar-refractivity contribution in [1.29, 1.82) is 0 Å². The number of aromatic nitrogens is 1. The summed E-state index contributed by atoms with van der Waals surface area (Å²) in [5.41, 5.74) is 5.55. The molecule has 0 radical (unpaired) electrons. The quantitative estimate of drug-likeness (QED) is 0.793. The van der Waals surface area contributed by atoms with Crippen LogP contribution in [0.5, 0.6) is 0 Å². The Balaban J connectivity index is 2.40. The molecule has 0 spiro atoms. The van der Waals surface area contributed by atoms with E-state index < -0.39 is 5.91 Å². The molecule has 3 N–H and O–H groups in total. The van der Waals surface area contributed by atoms with Crippen molar-refractivity contribution in [1.82, 2.24) is 4.98 Å². The maximum absolute atomic E-state index is 10.8. The summed E-state index contributed by atoms with van der Waals surface area (Å²) in [5.74, 6) is 0.327. The largest absolute Gasteiger partial charge is 0.370 e. The van der Waals surface area contributed by atoms with Crippen LogP contribution in [0.1, 0.15) is 23.7 Å². The number of hydrogen-bond acceptors (Lipinski definition) is 4. The first-order valence-corrected chi connectivity index (χ1v) is 6.44. The Kier molecular flexibility index (Phi) is 5.11. The second-order valence-corrected chi connectivity index (χ2v) is 4.83. The number of nitrogens with zero attached hydrogens (tertiary/aromatic N) is 1. The zero-order chi connectivity index (χ0) is 12.0. The van der Waals surface area contributed by atoms with Crippen LogP contribution < -0.4 is 11.1 Å². The van der Waals surface area contributed by atoms with E-state index >= 15 is 0 Å². The molecule has 0 bridgehead atoms. The van der Waals surface area contributed by atoms with Crippen molar-refractivity contribution in [3.63, 3.8) is 0 Å². The van der Waals surface area contributed by atoms with Crippen molar-refractivity contribution in [2.75, 3.05) is 18.1 Å². The molecule has 1 heterocycles. The van der Waals surface area contributed by atoms with Gasteiger partial charge >= 0.3 is 0 Å². The van der Waals surface area contributed by atoms with Crippen LogP contribution in [0.15, 0.2) is 18.3 Å². The zero-order valence-corrected chi connectivity index (χ0v) is 10.4. The van der Waals surface area contributed by atoms with E-state index in [1.807, 2.05) is 11.8 Å². The molecule has 0 aliphatic rings. The molecule has 5 heteroatoms. The van der Waals surface area contributed by atoms with Gasteiger partial charge in [0.1, 0.15) is 5.82 Å². The Morgan fingerprint density at radius 2 is 2.38 bits per heavy atom. The first kappa shape index (κ1) is 12.8. The third-order valence-electron chi connectivity index (χ3n) is 2.31. The standard InChI is InChI=1S/C11H17N3OS/c1-8(16-2)5-6-13-10-4-3-9(7-14-10)11(12)15/h3-4,7-8H,5-6H2,1-2H3,(H2,12,15)(H,13,14). The summed E-state index contributed by atoms with van der Waals surface area (Å²) in [6.45, 7) is 3.07. The van der Waals surface area contributed by atoms with E-state index in [9.17, 15) is 4.79 Å². The van der Waals surface area contributed by atoms with Crippen LogP contribution in [-0.4, -0.2) is 28.9 Å². The maximum atomic E-state index is 10.8. The Bertz CT molecular complexity index is 340. The van der Waals surface area contributed by atoms with Gasteiger partial charge in [-0.2, -0.15) is 11.8 Å². The number of primary amides is 1. The molecule has 0 aromatic carbocycles. The maximum Gasteiger partial charge on any atom is 0.250 e. The number of carbonyl (C=O) groups excluding carboxylic acids is 1. The molecule has 0 saturated heterocycles. The third-order valence-corrected chi connectivity index (χ3v) is 3.35. The van der Waals surface area contributed by atoms with Crippen LogP contribution in [0.4, 0.5) is 5.82 Å². The molecular formula is C11H17N3OS. The molecular weight excluding hydrogens is 222 g/mol.